The predicted octanol–water partition coefficient (Wildman–Crippen LogP) is -2.90. The molecule has 19 heteroatoms. The minimum Gasteiger partial charge on any atom is -0.481 e. The molecule has 3 aliphatic rings. The molecule has 0 saturated carbocycles. The van der Waals surface area contributed by atoms with Crippen LogP contribution in [-0.4, -0.2) is 133 Å². The number of nitrogens with two attached hydrogens (primary N) is 1. The molecule has 3 rings (SSSR count). The summed E-state index contributed by atoms with van der Waals surface area (Å²) in [5, 5.41) is 64.5. The Hall–Kier alpha value is -3.65. The largest absolute Gasteiger partial charge is 0.481 e. The number of ether oxygens (including phenoxy) is 1. The highest BCUT2D eigenvalue weighted by molar-refractivity contribution is 7.81. The lowest BCUT2D eigenvalue weighted by atomic mass is 9.99. The van der Waals surface area contributed by atoms with Crippen LogP contribution in [0.15, 0.2) is 15.0 Å². The van der Waals surface area contributed by atoms with Gasteiger partial charge in [-0.05, 0) is 19.8 Å². The highest BCUT2D eigenvalue weighted by atomic mass is 32.1. The molecule has 0 amide bonds. The molecule has 1 saturated heterocycles. The number of hydrogen-bond acceptors (Lipinski definition) is 13. The number of fused-ring (bicyclic) bond motifs is 1. The van der Waals surface area contributed by atoms with Gasteiger partial charge in [-0.3, -0.25) is 40.4 Å². The Balaban J connectivity index is 0.000000280. The fourth-order valence-corrected chi connectivity index (χ4v) is 4.31. The third-order valence-electron chi connectivity index (χ3n) is 6.10. The summed E-state index contributed by atoms with van der Waals surface area (Å²) < 4.78 is 5.61. The molecule has 3 heterocycles. The number of carboxylic acid groups (broad SMARTS) is 3. The molecule has 1 fully saturated rings. The number of amidine groups is 2. The van der Waals surface area contributed by atoms with Crippen molar-refractivity contribution in [2.24, 2.45) is 20.7 Å². The molecule has 3 aliphatic heterocycles. The van der Waals surface area contributed by atoms with Crippen molar-refractivity contribution in [2.75, 3.05) is 13.2 Å². The Kier molecular flexibility index (Phi) is 11.5. The van der Waals surface area contributed by atoms with Gasteiger partial charge < -0.3 is 41.3 Å². The van der Waals surface area contributed by atoms with E-state index >= 15 is 0 Å². The second-order valence-electron chi connectivity index (χ2n) is 9.03. The summed E-state index contributed by atoms with van der Waals surface area (Å²) in [5.74, 6) is -3.70. The van der Waals surface area contributed by atoms with Crippen LogP contribution in [-0.2, 0) is 19.1 Å². The first-order valence-electron chi connectivity index (χ1n) is 11.9. The fraction of sp³-hybridized carbons (Fsp3) is 0.619. The second kappa shape index (κ2) is 14.1. The average Bonchev–Trinajstić information content (AvgIpc) is 3.37. The number of aliphatic imine (C=N–C) groups is 3. The Bertz CT molecular complexity index is 1090. The van der Waals surface area contributed by atoms with Crippen molar-refractivity contribution in [1.29, 1.82) is 10.8 Å². The number of guanidine groups is 1. The van der Waals surface area contributed by atoms with Crippen molar-refractivity contribution >= 4 is 60.8 Å². The second-order valence-corrected chi connectivity index (χ2v) is 9.62. The third-order valence-corrected chi connectivity index (χ3v) is 6.66. The zero-order chi connectivity index (χ0) is 30.2. The van der Waals surface area contributed by atoms with Gasteiger partial charge in [0.05, 0.1) is 30.7 Å². The number of nitrogens with one attached hydrogen (secondary N) is 4. The molecule has 3 unspecified atom stereocenters. The summed E-state index contributed by atoms with van der Waals surface area (Å²) in [6.07, 6.45) is 0.304. The summed E-state index contributed by atoms with van der Waals surface area (Å²) in [7, 11) is 0. The van der Waals surface area contributed by atoms with E-state index in [4.69, 9.17) is 36.6 Å². The van der Waals surface area contributed by atoms with Gasteiger partial charge in [-0.15, -0.1) is 0 Å². The van der Waals surface area contributed by atoms with Gasteiger partial charge in [-0.25, -0.2) is 9.98 Å². The van der Waals surface area contributed by atoms with Crippen LogP contribution in [0.5, 0.6) is 0 Å². The topological polar surface area (TPSA) is 300 Å². The van der Waals surface area contributed by atoms with Crippen LogP contribution >= 0.6 is 12.6 Å². The maximum Gasteiger partial charge on any atom is 0.321 e. The van der Waals surface area contributed by atoms with E-state index in [1.807, 2.05) is 0 Å². The van der Waals surface area contributed by atoms with Crippen molar-refractivity contribution in [3.05, 3.63) is 0 Å². The van der Waals surface area contributed by atoms with Crippen molar-refractivity contribution in [2.45, 2.75) is 67.5 Å². The highest BCUT2D eigenvalue weighted by Crippen LogP contribution is 2.33. The molecule has 40 heavy (non-hydrogen) atoms. The number of carbonyl (C=O) groups is 3. The number of carboxylic acids is 3. The molecule has 0 spiro atoms. The molecule has 11 N–H and O–H groups in total. The van der Waals surface area contributed by atoms with Crippen LogP contribution in [0, 0.1) is 10.8 Å². The summed E-state index contributed by atoms with van der Waals surface area (Å²) in [4.78, 5) is 46.3. The van der Waals surface area contributed by atoms with E-state index in [2.05, 4.69) is 38.2 Å². The van der Waals surface area contributed by atoms with E-state index in [0.717, 1.165) is 0 Å². The number of hydrogen-bond donors (Lipinski definition) is 11. The van der Waals surface area contributed by atoms with Crippen LogP contribution in [0.2, 0.25) is 0 Å². The van der Waals surface area contributed by atoms with Gasteiger partial charge >= 0.3 is 17.9 Å². The SMILES string of the molecule is CC12N=CN([C@@H]3O[C@H](CO)[C@@H](O)[C@H]3S)C1=NC=NC2=N.N=C(N)NCCCC(NC(CC(=O)O)C(=O)O)C(=O)O. The van der Waals surface area contributed by atoms with E-state index in [9.17, 15) is 24.6 Å². The molecule has 0 aromatic carbocycles. The number of aliphatic hydroxyl groups excluding tert-OH is 2. The molecular formula is C21H33N9O9S. The van der Waals surface area contributed by atoms with E-state index in [1.165, 1.54) is 12.7 Å². The molecule has 222 valence electrons. The molecule has 0 aliphatic carbocycles. The number of thiol groups is 1. The Morgan fingerprint density at radius 2 is 1.93 bits per heavy atom. The number of aliphatic carboxylic acids is 3. The van der Waals surface area contributed by atoms with Gasteiger partial charge in [0, 0.05) is 6.54 Å². The minimum absolute atomic E-state index is 0.0685. The van der Waals surface area contributed by atoms with Crippen LogP contribution in [0.1, 0.15) is 26.2 Å². The van der Waals surface area contributed by atoms with Gasteiger partial charge in [-0.2, -0.15) is 12.6 Å². The minimum atomic E-state index is -1.48. The summed E-state index contributed by atoms with van der Waals surface area (Å²) in [6, 6.07) is -2.67. The van der Waals surface area contributed by atoms with E-state index in [0.29, 0.717) is 12.3 Å². The average molecular weight is 588 g/mol. The van der Waals surface area contributed by atoms with Crippen molar-refractivity contribution in [3.63, 3.8) is 0 Å². The molecule has 7 atom stereocenters. The monoisotopic (exact) mass is 587 g/mol. The quantitative estimate of drug-likeness (QED) is 0.0473. The highest BCUT2D eigenvalue weighted by Gasteiger charge is 2.51. The van der Waals surface area contributed by atoms with Crippen LogP contribution in [0.4, 0.5) is 0 Å². The lowest BCUT2D eigenvalue weighted by Gasteiger charge is -2.31. The predicted molar refractivity (Wildman–Crippen MR) is 144 cm³/mol. The molecule has 0 aromatic rings. The van der Waals surface area contributed by atoms with Gasteiger partial charge in [0.1, 0.15) is 30.4 Å². The van der Waals surface area contributed by atoms with Crippen molar-refractivity contribution in [3.8, 4) is 0 Å². The first kappa shape index (κ1) is 32.6. The van der Waals surface area contributed by atoms with E-state index in [1.54, 1.807) is 11.8 Å². The lowest BCUT2D eigenvalue weighted by Crippen LogP contribution is -2.51. The zero-order valence-electron chi connectivity index (χ0n) is 21.3. The first-order chi connectivity index (χ1) is 18.7. The zero-order valence-corrected chi connectivity index (χ0v) is 22.2. The molecule has 18 nitrogen and oxygen atoms in total. The van der Waals surface area contributed by atoms with E-state index in [-0.39, 0.29) is 31.4 Å². The fourth-order valence-electron chi connectivity index (χ4n) is 3.91. The van der Waals surface area contributed by atoms with Gasteiger partial charge in [0.15, 0.2) is 23.6 Å². The van der Waals surface area contributed by atoms with Crippen molar-refractivity contribution in [1.82, 2.24) is 15.5 Å². The van der Waals surface area contributed by atoms with Gasteiger partial charge in [0.2, 0.25) is 0 Å². The smallest absolute Gasteiger partial charge is 0.321 e. The maximum atomic E-state index is 11.0. The number of rotatable bonds is 12. The van der Waals surface area contributed by atoms with Gasteiger partial charge in [-0.1, -0.05) is 0 Å². The Labute approximate surface area is 233 Å². The third kappa shape index (κ3) is 7.94. The molecule has 0 bridgehead atoms. The van der Waals surface area contributed by atoms with E-state index < -0.39 is 65.6 Å². The molecular weight excluding hydrogens is 554 g/mol. The van der Waals surface area contributed by atoms with Crippen LogP contribution in [0.3, 0.4) is 0 Å². The van der Waals surface area contributed by atoms with Crippen LogP contribution < -0.4 is 16.4 Å². The van der Waals surface area contributed by atoms with Gasteiger partial charge in [0.25, 0.3) is 0 Å². The maximum absolute atomic E-state index is 11.0. The standard InChI is InChI=1S/C11H15N5O3S.C10H18N4O6/c1-11-9(12)13-3-14-10(11)16(4-15-11)8-7(20)6(18)5(2-17)19-8;11-10(12)13-3-1-2-5(8(17)18)14-6(9(19)20)4-7(15)16/h3-8,12,17-18,20H,2H2,1H3;5-6,14H,1-4H2,(H,15,16)(H,17,18)(H,19,20)(H4,11,12,13)/t5-,6-,7-,8-,11?;/m1./s1. The normalized spacial score (nSPS) is 28.1. The summed E-state index contributed by atoms with van der Waals surface area (Å²) >= 11 is 4.34. The van der Waals surface area contributed by atoms with Crippen molar-refractivity contribution < 1.29 is 44.7 Å². The summed E-state index contributed by atoms with van der Waals surface area (Å²) in [6.45, 7) is 1.71. The Morgan fingerprint density at radius 1 is 1.27 bits per heavy atom. The molecule has 0 aromatic heterocycles. The number of nitrogens with zero attached hydrogens (tertiary/aromatic N) is 4. The molecule has 0 radical (unpaired) electrons. The first-order valence-corrected chi connectivity index (χ1v) is 12.4. The van der Waals surface area contributed by atoms with Crippen LogP contribution in [0.25, 0.3) is 0 Å². The summed E-state index contributed by atoms with van der Waals surface area (Å²) in [5.41, 5.74) is 4.11. The number of aliphatic hydroxyl groups is 2. The lowest BCUT2D eigenvalue weighted by molar-refractivity contribution is -0.147. The Morgan fingerprint density at radius 3 is 2.45 bits per heavy atom.